The Balaban J connectivity index is 2.23. The first kappa shape index (κ1) is 12.8. The van der Waals surface area contributed by atoms with E-state index in [2.05, 4.69) is 25.2 Å². The molecule has 0 saturated carbocycles. The van der Waals surface area contributed by atoms with E-state index in [-0.39, 0.29) is 5.95 Å². The molecule has 0 aliphatic rings. The predicted molar refractivity (Wildman–Crippen MR) is 79.5 cm³/mol. The molecule has 6 heteroatoms. The van der Waals surface area contributed by atoms with E-state index in [1.807, 2.05) is 60.7 Å². The van der Waals surface area contributed by atoms with E-state index in [9.17, 15) is 0 Å². The van der Waals surface area contributed by atoms with Gasteiger partial charge in [0.15, 0.2) is 0 Å². The van der Waals surface area contributed by atoms with Crippen LogP contribution in [0.15, 0.2) is 65.8 Å². The van der Waals surface area contributed by atoms with Gasteiger partial charge in [0.2, 0.25) is 5.95 Å². The van der Waals surface area contributed by atoms with E-state index >= 15 is 0 Å². The van der Waals surface area contributed by atoms with Crippen molar-refractivity contribution in [2.75, 3.05) is 0 Å². The summed E-state index contributed by atoms with van der Waals surface area (Å²) in [5.74, 6) is 0.0102. The zero-order valence-electron chi connectivity index (χ0n) is 11.0. The minimum atomic E-state index is 0.0102. The first-order chi connectivity index (χ1) is 10.4. The van der Waals surface area contributed by atoms with Gasteiger partial charge in [-0.25, -0.2) is 4.98 Å². The van der Waals surface area contributed by atoms with Gasteiger partial charge < -0.3 is 0 Å². The van der Waals surface area contributed by atoms with Gasteiger partial charge in [0.05, 0.1) is 0 Å². The largest absolute Gasteiger partial charge is 0.239 e. The molecule has 6 nitrogen and oxygen atoms in total. The van der Waals surface area contributed by atoms with Gasteiger partial charge in [-0.1, -0.05) is 60.7 Å². The van der Waals surface area contributed by atoms with Crippen LogP contribution >= 0.6 is 0 Å². The summed E-state index contributed by atoms with van der Waals surface area (Å²) in [7, 11) is 0. The van der Waals surface area contributed by atoms with Crippen LogP contribution in [0.2, 0.25) is 0 Å². The van der Waals surface area contributed by atoms with E-state index in [4.69, 9.17) is 5.53 Å². The minimum Gasteiger partial charge on any atom is -0.223 e. The molecule has 0 amide bonds. The SMILES string of the molecule is [N-]=[N+]=Nc1nnc(-c2ccccc2)c(-c2ccccc2)n1. The number of aromatic nitrogens is 3. The fourth-order valence-electron chi connectivity index (χ4n) is 1.99. The zero-order valence-corrected chi connectivity index (χ0v) is 11.0. The summed E-state index contributed by atoms with van der Waals surface area (Å²) < 4.78 is 0. The van der Waals surface area contributed by atoms with Crippen LogP contribution in [0.4, 0.5) is 5.95 Å². The molecule has 100 valence electrons. The van der Waals surface area contributed by atoms with Gasteiger partial charge >= 0.3 is 0 Å². The fourth-order valence-corrected chi connectivity index (χ4v) is 1.99. The fraction of sp³-hybridized carbons (Fsp3) is 0. The van der Waals surface area contributed by atoms with Crippen LogP contribution in [0.5, 0.6) is 0 Å². The smallest absolute Gasteiger partial charge is 0.223 e. The number of nitrogens with zero attached hydrogens (tertiary/aromatic N) is 6. The average Bonchev–Trinajstić information content (AvgIpc) is 2.57. The summed E-state index contributed by atoms with van der Waals surface area (Å²) in [5, 5.41) is 11.4. The number of hydrogen-bond acceptors (Lipinski definition) is 4. The third-order valence-corrected chi connectivity index (χ3v) is 2.90. The number of azide groups is 1. The van der Waals surface area contributed by atoms with Crippen LogP contribution in [0.1, 0.15) is 0 Å². The van der Waals surface area contributed by atoms with Crippen LogP contribution < -0.4 is 0 Å². The summed E-state index contributed by atoms with van der Waals surface area (Å²) in [4.78, 5) is 7.02. The number of hydrogen-bond donors (Lipinski definition) is 0. The summed E-state index contributed by atoms with van der Waals surface area (Å²) in [6.45, 7) is 0. The third kappa shape index (κ3) is 2.70. The van der Waals surface area contributed by atoms with E-state index < -0.39 is 0 Å². The maximum Gasteiger partial charge on any atom is 0.239 e. The average molecular weight is 274 g/mol. The third-order valence-electron chi connectivity index (χ3n) is 2.90. The molecule has 1 aromatic heterocycles. The van der Waals surface area contributed by atoms with Crippen LogP contribution in [0.25, 0.3) is 33.0 Å². The highest BCUT2D eigenvalue weighted by atomic mass is 15.3. The quantitative estimate of drug-likeness (QED) is 0.408. The molecule has 0 saturated heterocycles. The monoisotopic (exact) mass is 274 g/mol. The Morgan fingerprint density at radius 3 is 1.90 bits per heavy atom. The number of rotatable bonds is 3. The lowest BCUT2D eigenvalue weighted by atomic mass is 10.0. The topological polar surface area (TPSA) is 87.4 Å². The standard InChI is InChI=1S/C15H10N6/c16-21-20-15-17-13(11-7-3-1-4-8-11)14(18-19-15)12-9-5-2-6-10-12/h1-10H. The van der Waals surface area contributed by atoms with E-state index in [0.717, 1.165) is 11.1 Å². The Morgan fingerprint density at radius 2 is 1.33 bits per heavy atom. The molecule has 0 spiro atoms. The van der Waals surface area contributed by atoms with Crippen molar-refractivity contribution in [1.82, 2.24) is 15.2 Å². The summed E-state index contributed by atoms with van der Waals surface area (Å²) in [5.41, 5.74) is 11.6. The number of benzene rings is 2. The van der Waals surface area contributed by atoms with Gasteiger partial charge in [0.1, 0.15) is 11.4 Å². The van der Waals surface area contributed by atoms with Crippen molar-refractivity contribution >= 4 is 5.95 Å². The van der Waals surface area contributed by atoms with Crippen molar-refractivity contribution < 1.29 is 0 Å². The van der Waals surface area contributed by atoms with Gasteiger partial charge in [0, 0.05) is 16.0 Å². The van der Waals surface area contributed by atoms with Crippen molar-refractivity contribution in [3.63, 3.8) is 0 Å². The van der Waals surface area contributed by atoms with Gasteiger partial charge in [-0.05, 0) is 10.6 Å². The van der Waals surface area contributed by atoms with Crippen LogP contribution in [0, 0.1) is 0 Å². The molecule has 3 rings (SSSR count). The highest BCUT2D eigenvalue weighted by Crippen LogP contribution is 2.29. The first-order valence-corrected chi connectivity index (χ1v) is 6.29. The normalized spacial score (nSPS) is 9.90. The Kier molecular flexibility index (Phi) is 3.54. The van der Waals surface area contributed by atoms with Crippen molar-refractivity contribution in [3.05, 3.63) is 71.1 Å². The second-order valence-electron chi connectivity index (χ2n) is 4.23. The molecular weight excluding hydrogens is 264 g/mol. The molecule has 2 aromatic carbocycles. The van der Waals surface area contributed by atoms with Crippen molar-refractivity contribution in [2.24, 2.45) is 5.11 Å². The lowest BCUT2D eigenvalue weighted by molar-refractivity contribution is 0.971. The molecule has 0 radical (unpaired) electrons. The molecule has 21 heavy (non-hydrogen) atoms. The van der Waals surface area contributed by atoms with Gasteiger partial charge in [-0.3, -0.25) is 0 Å². The van der Waals surface area contributed by atoms with E-state index in [1.165, 1.54) is 0 Å². The Hall–Kier alpha value is -3.24. The van der Waals surface area contributed by atoms with Crippen molar-refractivity contribution in [2.45, 2.75) is 0 Å². The second kappa shape index (κ2) is 5.81. The zero-order chi connectivity index (χ0) is 14.5. The van der Waals surface area contributed by atoms with Crippen LogP contribution in [-0.4, -0.2) is 15.2 Å². The molecule has 0 unspecified atom stereocenters. The Labute approximate surface area is 120 Å². The van der Waals surface area contributed by atoms with Gasteiger partial charge in [0.25, 0.3) is 0 Å². The summed E-state index contributed by atoms with van der Waals surface area (Å²) in [6.07, 6.45) is 0. The molecule has 1 heterocycles. The Bertz CT molecular complexity index is 795. The predicted octanol–water partition coefficient (Wildman–Crippen LogP) is 4.15. The molecule has 0 fully saturated rings. The van der Waals surface area contributed by atoms with Crippen LogP contribution in [-0.2, 0) is 0 Å². The van der Waals surface area contributed by atoms with Crippen molar-refractivity contribution in [1.29, 1.82) is 0 Å². The molecule has 0 aliphatic heterocycles. The van der Waals surface area contributed by atoms with Crippen molar-refractivity contribution in [3.8, 4) is 22.5 Å². The first-order valence-electron chi connectivity index (χ1n) is 6.29. The van der Waals surface area contributed by atoms with E-state index in [0.29, 0.717) is 11.4 Å². The molecule has 3 aromatic rings. The molecule has 0 atom stereocenters. The molecule has 0 bridgehead atoms. The lowest BCUT2D eigenvalue weighted by Crippen LogP contribution is -1.96. The molecular formula is C15H10N6. The van der Waals surface area contributed by atoms with Crippen LogP contribution in [0.3, 0.4) is 0 Å². The van der Waals surface area contributed by atoms with Gasteiger partial charge in [-0.2, -0.15) is 0 Å². The van der Waals surface area contributed by atoms with E-state index in [1.54, 1.807) is 0 Å². The summed E-state index contributed by atoms with van der Waals surface area (Å²) >= 11 is 0. The molecule has 0 aliphatic carbocycles. The lowest BCUT2D eigenvalue weighted by Gasteiger charge is -2.07. The maximum atomic E-state index is 8.52. The molecule has 0 N–H and O–H groups in total. The maximum absolute atomic E-state index is 8.52. The summed E-state index contributed by atoms with van der Waals surface area (Å²) in [6, 6.07) is 19.3. The highest BCUT2D eigenvalue weighted by Gasteiger charge is 2.12. The second-order valence-corrected chi connectivity index (χ2v) is 4.23. The minimum absolute atomic E-state index is 0.0102. The Morgan fingerprint density at radius 1 is 0.762 bits per heavy atom. The highest BCUT2D eigenvalue weighted by molar-refractivity contribution is 5.77. The van der Waals surface area contributed by atoms with Gasteiger partial charge in [-0.15, -0.1) is 10.2 Å².